The number of terminal acetylenes is 1. The Morgan fingerprint density at radius 2 is 1.92 bits per heavy atom. The Morgan fingerprint density at radius 3 is 2.58 bits per heavy atom. The summed E-state index contributed by atoms with van der Waals surface area (Å²) < 4.78 is 0. The van der Waals surface area contributed by atoms with Crippen LogP contribution in [0.5, 0.6) is 0 Å². The van der Waals surface area contributed by atoms with Gasteiger partial charge in [0.2, 0.25) is 0 Å². The molecule has 0 aliphatic heterocycles. The predicted octanol–water partition coefficient (Wildman–Crippen LogP) is 4.30. The highest BCUT2D eigenvalue weighted by atomic mass is 16.6. The standard InChI is InChI=1S/C29H42N2O5/c1-6-29(35)14-11-23-21-8-7-19-16-20(9-12-27(19,4)22(21)10-13-28(23,29)5)31-36-17-25(32)30-24(26(33)34)15-18(2)3/h1,16,18,21-24,35H,7-15,17H2,2-5H3,(H,30,32)(H,33,34)/t21?,22?,23?,24?,27-,28-,29+/m0/s1. The number of fused-ring (bicyclic) bond motifs is 5. The molecule has 36 heavy (non-hydrogen) atoms. The molecule has 3 saturated carbocycles. The summed E-state index contributed by atoms with van der Waals surface area (Å²) in [6.45, 7) is 8.15. The number of oxime groups is 1. The molecule has 1 amide bonds. The second kappa shape index (κ2) is 9.85. The summed E-state index contributed by atoms with van der Waals surface area (Å²) in [6, 6.07) is -0.921. The van der Waals surface area contributed by atoms with Crippen molar-refractivity contribution < 1.29 is 24.6 Å². The fourth-order valence-corrected chi connectivity index (χ4v) is 8.00. The molecule has 0 saturated heterocycles. The second-order valence-corrected chi connectivity index (χ2v) is 12.4. The summed E-state index contributed by atoms with van der Waals surface area (Å²) >= 11 is 0. The van der Waals surface area contributed by atoms with Gasteiger partial charge in [-0.05, 0) is 93.0 Å². The third-order valence-corrected chi connectivity index (χ3v) is 10.1. The van der Waals surface area contributed by atoms with Crippen molar-refractivity contribution in [2.45, 2.75) is 97.1 Å². The second-order valence-electron chi connectivity index (χ2n) is 12.4. The number of carboxylic acid groups (broad SMARTS) is 1. The van der Waals surface area contributed by atoms with Gasteiger partial charge in [0.1, 0.15) is 11.6 Å². The van der Waals surface area contributed by atoms with Gasteiger partial charge in [-0.3, -0.25) is 4.79 Å². The molecule has 7 heteroatoms. The molecule has 4 aliphatic rings. The van der Waals surface area contributed by atoms with Crippen molar-refractivity contribution in [2.24, 2.45) is 39.7 Å². The number of amides is 1. The first-order valence-electron chi connectivity index (χ1n) is 13.6. The lowest BCUT2D eigenvalue weighted by Crippen LogP contribution is -2.54. The van der Waals surface area contributed by atoms with E-state index < -0.39 is 23.5 Å². The summed E-state index contributed by atoms with van der Waals surface area (Å²) in [5, 5.41) is 27.2. The van der Waals surface area contributed by atoms with Crippen LogP contribution in [0.3, 0.4) is 0 Å². The van der Waals surface area contributed by atoms with Crippen LogP contribution >= 0.6 is 0 Å². The zero-order chi connectivity index (χ0) is 26.3. The topological polar surface area (TPSA) is 108 Å². The van der Waals surface area contributed by atoms with Gasteiger partial charge in [-0.15, -0.1) is 6.42 Å². The average Bonchev–Trinajstić information content (AvgIpc) is 3.09. The van der Waals surface area contributed by atoms with Gasteiger partial charge in [-0.1, -0.05) is 44.3 Å². The molecule has 198 valence electrons. The Labute approximate surface area is 215 Å². The zero-order valence-electron chi connectivity index (χ0n) is 22.2. The van der Waals surface area contributed by atoms with Gasteiger partial charge in [-0.2, -0.15) is 0 Å². The van der Waals surface area contributed by atoms with Crippen LogP contribution in [0, 0.1) is 46.8 Å². The van der Waals surface area contributed by atoms with E-state index in [4.69, 9.17) is 11.3 Å². The molecule has 0 aromatic heterocycles. The molecule has 3 N–H and O–H groups in total. The number of carbonyl (C=O) groups excluding carboxylic acids is 1. The summed E-state index contributed by atoms with van der Waals surface area (Å²) in [6.07, 6.45) is 16.0. The molecular formula is C29H42N2O5. The lowest BCUT2D eigenvalue weighted by Gasteiger charge is -2.58. The van der Waals surface area contributed by atoms with E-state index in [0.717, 1.165) is 50.7 Å². The minimum absolute atomic E-state index is 0.114. The van der Waals surface area contributed by atoms with Gasteiger partial charge in [0.25, 0.3) is 5.91 Å². The Morgan fingerprint density at radius 1 is 1.19 bits per heavy atom. The van der Waals surface area contributed by atoms with Crippen molar-refractivity contribution >= 4 is 17.6 Å². The molecule has 0 bridgehead atoms. The number of aliphatic hydroxyl groups is 1. The van der Waals surface area contributed by atoms with Crippen molar-refractivity contribution in [2.75, 3.05) is 6.61 Å². The van der Waals surface area contributed by atoms with Crippen LogP contribution in [0.15, 0.2) is 16.8 Å². The maximum absolute atomic E-state index is 12.2. The highest BCUT2D eigenvalue weighted by Crippen LogP contribution is 2.67. The third kappa shape index (κ3) is 4.58. The van der Waals surface area contributed by atoms with Gasteiger partial charge in [0.15, 0.2) is 6.61 Å². The van der Waals surface area contributed by atoms with Gasteiger partial charge >= 0.3 is 5.97 Å². The normalized spacial score (nSPS) is 39.3. The molecule has 4 aliphatic carbocycles. The fourth-order valence-electron chi connectivity index (χ4n) is 8.00. The number of carbonyl (C=O) groups is 2. The lowest BCUT2D eigenvalue weighted by molar-refractivity contribution is -0.143. The first-order chi connectivity index (χ1) is 16.9. The maximum Gasteiger partial charge on any atom is 0.326 e. The average molecular weight is 499 g/mol. The smallest absolute Gasteiger partial charge is 0.326 e. The summed E-state index contributed by atoms with van der Waals surface area (Å²) in [5.74, 6) is 3.03. The number of hydrogen-bond acceptors (Lipinski definition) is 5. The number of aliphatic carboxylic acids is 1. The van der Waals surface area contributed by atoms with Crippen LogP contribution in [0.4, 0.5) is 0 Å². The van der Waals surface area contributed by atoms with E-state index in [1.54, 1.807) is 0 Å². The first kappa shape index (κ1) is 26.7. The van der Waals surface area contributed by atoms with Gasteiger partial charge in [-0.25, -0.2) is 4.79 Å². The van der Waals surface area contributed by atoms with Crippen LogP contribution in [0.1, 0.15) is 85.5 Å². The van der Waals surface area contributed by atoms with Crippen molar-refractivity contribution in [3.8, 4) is 12.3 Å². The Balaban J connectivity index is 1.39. The van der Waals surface area contributed by atoms with Crippen LogP contribution in [-0.2, 0) is 14.4 Å². The van der Waals surface area contributed by atoms with Crippen LogP contribution < -0.4 is 5.32 Å². The predicted molar refractivity (Wildman–Crippen MR) is 138 cm³/mol. The number of allylic oxidation sites excluding steroid dienone is 2. The molecule has 0 aromatic rings. The molecule has 7 nitrogen and oxygen atoms in total. The Hall–Kier alpha value is -2.33. The monoisotopic (exact) mass is 498 g/mol. The largest absolute Gasteiger partial charge is 0.480 e. The van der Waals surface area contributed by atoms with E-state index in [-0.39, 0.29) is 23.4 Å². The molecule has 4 rings (SSSR count). The first-order valence-corrected chi connectivity index (χ1v) is 13.6. The highest BCUT2D eigenvalue weighted by molar-refractivity contribution is 5.96. The van der Waals surface area contributed by atoms with Crippen molar-refractivity contribution in [3.63, 3.8) is 0 Å². The lowest BCUT2D eigenvalue weighted by atomic mass is 9.46. The maximum atomic E-state index is 12.2. The molecule has 7 atom stereocenters. The van der Waals surface area contributed by atoms with Crippen molar-refractivity contribution in [1.29, 1.82) is 0 Å². The molecular weight excluding hydrogens is 456 g/mol. The van der Waals surface area contributed by atoms with Crippen LogP contribution in [0.2, 0.25) is 0 Å². The highest BCUT2D eigenvalue weighted by Gasteiger charge is 2.63. The molecule has 0 spiro atoms. The zero-order valence-corrected chi connectivity index (χ0v) is 22.2. The Bertz CT molecular complexity index is 996. The number of hydrogen-bond donors (Lipinski definition) is 3. The summed E-state index contributed by atoms with van der Waals surface area (Å²) in [5.41, 5.74) is 1.20. The van der Waals surface area contributed by atoms with Crippen LogP contribution in [-0.4, -0.2) is 46.1 Å². The van der Waals surface area contributed by atoms with E-state index in [9.17, 15) is 19.8 Å². The van der Waals surface area contributed by atoms with Gasteiger partial charge in [0, 0.05) is 5.41 Å². The molecule has 0 heterocycles. The SMILES string of the molecule is C#C[C@@]1(O)CCC2C3CCC4=CC(=NOCC(=O)NC(CC(C)C)C(=O)O)CC[C@]4(C)C3CC[C@@]21C. The van der Waals surface area contributed by atoms with Gasteiger partial charge < -0.3 is 20.4 Å². The number of nitrogens with zero attached hydrogens (tertiary/aromatic N) is 1. The third-order valence-electron chi connectivity index (χ3n) is 10.1. The summed E-state index contributed by atoms with van der Waals surface area (Å²) in [7, 11) is 0. The minimum Gasteiger partial charge on any atom is -0.480 e. The molecule has 0 aromatic carbocycles. The minimum atomic E-state index is -1.04. The number of carboxylic acids is 1. The summed E-state index contributed by atoms with van der Waals surface area (Å²) in [4.78, 5) is 28.9. The number of nitrogens with one attached hydrogen (secondary N) is 1. The van der Waals surface area contributed by atoms with E-state index in [1.165, 1.54) is 5.57 Å². The van der Waals surface area contributed by atoms with E-state index in [1.807, 2.05) is 13.8 Å². The number of rotatable bonds is 7. The van der Waals surface area contributed by atoms with Crippen molar-refractivity contribution in [1.82, 2.24) is 5.32 Å². The van der Waals surface area contributed by atoms with E-state index in [0.29, 0.717) is 30.6 Å². The quantitative estimate of drug-likeness (QED) is 0.358. The van der Waals surface area contributed by atoms with E-state index in [2.05, 4.69) is 36.3 Å². The van der Waals surface area contributed by atoms with Gasteiger partial charge in [0.05, 0.1) is 5.71 Å². The molecule has 4 unspecified atom stereocenters. The molecule has 0 radical (unpaired) electrons. The van der Waals surface area contributed by atoms with Crippen molar-refractivity contribution in [3.05, 3.63) is 11.6 Å². The Kier molecular flexibility index (Phi) is 7.31. The fraction of sp³-hybridized carbons (Fsp3) is 0.759. The van der Waals surface area contributed by atoms with E-state index >= 15 is 0 Å². The van der Waals surface area contributed by atoms with Crippen LogP contribution in [0.25, 0.3) is 0 Å². The molecule has 3 fully saturated rings.